The van der Waals surface area contributed by atoms with Crippen LogP contribution in [0.5, 0.6) is 5.75 Å². The smallest absolute Gasteiger partial charge is 0.193 e. The third-order valence-corrected chi connectivity index (χ3v) is 4.67. The van der Waals surface area contributed by atoms with E-state index in [9.17, 15) is 4.39 Å². The minimum Gasteiger partial charge on any atom is -0.495 e. The minimum atomic E-state index is -0.265. The summed E-state index contributed by atoms with van der Waals surface area (Å²) in [5.74, 6) is 0.509. The van der Waals surface area contributed by atoms with Gasteiger partial charge in [0, 0.05) is 30.0 Å². The Balaban J connectivity index is 1.74. The zero-order valence-corrected chi connectivity index (χ0v) is 15.4. The van der Waals surface area contributed by atoms with Crippen LogP contribution in [0.3, 0.4) is 0 Å². The molecule has 3 N–H and O–H groups in total. The van der Waals surface area contributed by atoms with Crippen molar-refractivity contribution in [3.8, 4) is 5.75 Å². The van der Waals surface area contributed by atoms with Gasteiger partial charge in [-0.15, -0.1) is 0 Å². The number of nitrogens with two attached hydrogens (primary N) is 1. The summed E-state index contributed by atoms with van der Waals surface area (Å²) in [5.41, 5.74) is 8.10. The van der Waals surface area contributed by atoms with E-state index in [1.54, 1.807) is 31.4 Å². The van der Waals surface area contributed by atoms with Crippen molar-refractivity contribution < 1.29 is 9.13 Å². The summed E-state index contributed by atoms with van der Waals surface area (Å²) in [7, 11) is 1.55. The molecule has 3 rings (SSSR count). The first kappa shape index (κ1) is 18.3. The van der Waals surface area contributed by atoms with E-state index in [1.807, 2.05) is 6.07 Å². The van der Waals surface area contributed by atoms with Gasteiger partial charge in [0.15, 0.2) is 5.96 Å². The minimum absolute atomic E-state index is 0.168. The summed E-state index contributed by atoms with van der Waals surface area (Å²) in [4.78, 5) is 6.49. The molecule has 0 amide bonds. The highest BCUT2D eigenvalue weighted by atomic mass is 35.5. The molecule has 5 nitrogen and oxygen atoms in total. The van der Waals surface area contributed by atoms with Gasteiger partial charge in [0.25, 0.3) is 0 Å². The second-order valence-electron chi connectivity index (χ2n) is 6.11. The van der Waals surface area contributed by atoms with Crippen molar-refractivity contribution in [3.05, 3.63) is 52.8 Å². The predicted molar refractivity (Wildman–Crippen MR) is 105 cm³/mol. The van der Waals surface area contributed by atoms with Gasteiger partial charge in [-0.1, -0.05) is 17.7 Å². The number of nitrogens with one attached hydrogen (secondary N) is 1. The van der Waals surface area contributed by atoms with E-state index in [1.165, 1.54) is 6.07 Å². The first-order chi connectivity index (χ1) is 12.6. The molecule has 26 heavy (non-hydrogen) atoms. The van der Waals surface area contributed by atoms with Crippen molar-refractivity contribution in [1.82, 2.24) is 0 Å². The van der Waals surface area contributed by atoms with Crippen LogP contribution in [0, 0.1) is 5.82 Å². The van der Waals surface area contributed by atoms with Gasteiger partial charge >= 0.3 is 0 Å². The number of guanidine groups is 1. The molecule has 1 fully saturated rings. The monoisotopic (exact) mass is 376 g/mol. The van der Waals surface area contributed by atoms with Crippen LogP contribution in [-0.4, -0.2) is 26.2 Å². The molecule has 0 bridgehead atoms. The Kier molecular flexibility index (Phi) is 5.83. The quantitative estimate of drug-likeness (QED) is 0.611. The fraction of sp³-hybridized carbons (Fsp3) is 0.316. The third kappa shape index (κ3) is 4.19. The van der Waals surface area contributed by atoms with Crippen LogP contribution >= 0.6 is 11.6 Å². The molecule has 0 spiro atoms. The largest absolute Gasteiger partial charge is 0.495 e. The summed E-state index contributed by atoms with van der Waals surface area (Å²) in [6.07, 6.45) is 2.25. The van der Waals surface area contributed by atoms with Crippen LogP contribution in [0.4, 0.5) is 15.8 Å². The molecular formula is C19H22ClFN4O. The summed E-state index contributed by atoms with van der Waals surface area (Å²) in [5, 5.41) is 3.43. The third-order valence-electron chi connectivity index (χ3n) is 4.37. The maximum Gasteiger partial charge on any atom is 0.193 e. The van der Waals surface area contributed by atoms with Gasteiger partial charge in [0.05, 0.1) is 18.7 Å². The Labute approximate surface area is 157 Å². The van der Waals surface area contributed by atoms with Crippen LogP contribution in [0.2, 0.25) is 5.02 Å². The summed E-state index contributed by atoms with van der Waals surface area (Å²) in [6, 6.07) is 10.3. The molecule has 1 saturated heterocycles. The van der Waals surface area contributed by atoms with Crippen molar-refractivity contribution in [1.29, 1.82) is 0 Å². The van der Waals surface area contributed by atoms with Crippen molar-refractivity contribution in [2.75, 3.05) is 30.4 Å². The van der Waals surface area contributed by atoms with Gasteiger partial charge < -0.3 is 20.7 Å². The Morgan fingerprint density at radius 2 is 2.08 bits per heavy atom. The number of rotatable bonds is 5. The summed E-state index contributed by atoms with van der Waals surface area (Å²) in [6.45, 7) is 2.05. The summed E-state index contributed by atoms with van der Waals surface area (Å²) >= 11 is 6.10. The molecule has 0 atom stereocenters. The number of aliphatic imine (C=N–C) groups is 1. The fourth-order valence-electron chi connectivity index (χ4n) is 3.05. The molecule has 138 valence electrons. The number of anilines is 2. The maximum absolute atomic E-state index is 14.3. The van der Waals surface area contributed by atoms with Gasteiger partial charge in [-0.25, -0.2) is 9.38 Å². The lowest BCUT2D eigenvalue weighted by atomic mass is 10.1. The maximum atomic E-state index is 14.3. The molecule has 7 heteroatoms. The number of ether oxygens (including phenoxy) is 1. The van der Waals surface area contributed by atoms with E-state index >= 15 is 0 Å². The Morgan fingerprint density at radius 1 is 1.31 bits per heavy atom. The molecule has 2 aromatic rings. The number of halogens is 2. The van der Waals surface area contributed by atoms with Gasteiger partial charge in [-0.05, 0) is 43.2 Å². The first-order valence-corrected chi connectivity index (χ1v) is 8.89. The number of benzene rings is 2. The van der Waals surface area contributed by atoms with Crippen molar-refractivity contribution >= 4 is 28.9 Å². The lowest BCUT2D eigenvalue weighted by Crippen LogP contribution is -2.23. The molecule has 1 aliphatic rings. The molecule has 0 saturated carbocycles. The van der Waals surface area contributed by atoms with E-state index in [0.717, 1.165) is 31.6 Å². The van der Waals surface area contributed by atoms with E-state index in [4.69, 9.17) is 22.1 Å². The van der Waals surface area contributed by atoms with E-state index in [2.05, 4.69) is 15.2 Å². The number of nitrogens with zero attached hydrogens (tertiary/aromatic N) is 2. The molecular weight excluding hydrogens is 355 g/mol. The Hall–Kier alpha value is -2.47. The topological polar surface area (TPSA) is 62.9 Å². The molecule has 2 aromatic carbocycles. The van der Waals surface area contributed by atoms with Crippen LogP contribution in [-0.2, 0) is 6.54 Å². The molecule has 0 unspecified atom stereocenters. The lowest BCUT2D eigenvalue weighted by molar-refractivity contribution is 0.415. The van der Waals surface area contributed by atoms with Crippen LogP contribution in [0.15, 0.2) is 41.4 Å². The number of hydrogen-bond acceptors (Lipinski definition) is 3. The average Bonchev–Trinajstić information content (AvgIpc) is 3.15. The normalized spacial score (nSPS) is 14.6. The van der Waals surface area contributed by atoms with Crippen LogP contribution < -0.4 is 20.7 Å². The van der Waals surface area contributed by atoms with Gasteiger partial charge in [0.2, 0.25) is 0 Å². The Morgan fingerprint density at radius 3 is 2.77 bits per heavy atom. The summed E-state index contributed by atoms with van der Waals surface area (Å²) < 4.78 is 19.4. The van der Waals surface area contributed by atoms with Gasteiger partial charge in [0.1, 0.15) is 11.6 Å². The standard InChI is InChI=1S/C19H22ClFN4O/c1-26-18-8-7-13(11-15(18)20)24-19(22)23-12-14-16(21)5-4-6-17(14)25-9-2-3-10-25/h4-8,11H,2-3,9-10,12H2,1H3,(H3,22,23,24). The predicted octanol–water partition coefficient (Wildman–Crippen LogP) is 4.01. The number of hydrogen-bond donors (Lipinski definition) is 2. The van der Waals surface area contributed by atoms with Crippen molar-refractivity contribution in [2.24, 2.45) is 10.7 Å². The van der Waals surface area contributed by atoms with Crippen molar-refractivity contribution in [2.45, 2.75) is 19.4 Å². The lowest BCUT2D eigenvalue weighted by Gasteiger charge is -2.21. The van der Waals surface area contributed by atoms with Gasteiger partial charge in [-0.2, -0.15) is 0 Å². The van der Waals surface area contributed by atoms with Crippen molar-refractivity contribution in [3.63, 3.8) is 0 Å². The molecule has 0 radical (unpaired) electrons. The zero-order chi connectivity index (χ0) is 18.5. The Bertz CT molecular complexity index is 806. The second-order valence-corrected chi connectivity index (χ2v) is 6.51. The molecule has 0 aromatic heterocycles. The first-order valence-electron chi connectivity index (χ1n) is 8.51. The van der Waals surface area contributed by atoms with Gasteiger partial charge in [-0.3, -0.25) is 0 Å². The molecule has 0 aliphatic carbocycles. The molecule has 1 heterocycles. The molecule has 1 aliphatic heterocycles. The zero-order valence-electron chi connectivity index (χ0n) is 14.6. The highest BCUT2D eigenvalue weighted by molar-refractivity contribution is 6.32. The number of methoxy groups -OCH3 is 1. The highest BCUT2D eigenvalue weighted by Gasteiger charge is 2.17. The van der Waals surface area contributed by atoms with E-state index in [-0.39, 0.29) is 18.3 Å². The van der Waals surface area contributed by atoms with Crippen LogP contribution in [0.25, 0.3) is 0 Å². The SMILES string of the molecule is COc1ccc(NC(N)=NCc2c(F)cccc2N2CCCC2)cc1Cl. The average molecular weight is 377 g/mol. The van der Waals surface area contributed by atoms with E-state index < -0.39 is 0 Å². The fourth-order valence-corrected chi connectivity index (χ4v) is 3.31. The van der Waals surface area contributed by atoms with E-state index in [0.29, 0.717) is 22.0 Å². The second kappa shape index (κ2) is 8.27. The highest BCUT2D eigenvalue weighted by Crippen LogP contribution is 2.28. The van der Waals surface area contributed by atoms with Crippen LogP contribution in [0.1, 0.15) is 18.4 Å².